The van der Waals surface area contributed by atoms with Gasteiger partial charge < -0.3 is 19.3 Å². The third-order valence-corrected chi connectivity index (χ3v) is 11.9. The molecule has 3 atom stereocenters. The zero-order chi connectivity index (χ0) is 33.1. The molecule has 0 bridgehead atoms. The molecule has 4 aromatic rings. The molecule has 14 heteroatoms. The van der Waals surface area contributed by atoms with E-state index in [0.717, 1.165) is 12.1 Å². The fraction of sp³-hybridized carbons (Fsp3) is 0.387. The van der Waals surface area contributed by atoms with E-state index in [2.05, 4.69) is 34.8 Å². The van der Waals surface area contributed by atoms with Crippen LogP contribution in [-0.2, 0) is 9.84 Å². The van der Waals surface area contributed by atoms with Crippen molar-refractivity contribution in [3.63, 3.8) is 0 Å². The molecule has 4 rings (SSSR count). The highest BCUT2D eigenvalue weighted by Gasteiger charge is 2.42. The number of aromatic nitrogens is 4. The van der Waals surface area contributed by atoms with E-state index in [4.69, 9.17) is 14.2 Å². The second kappa shape index (κ2) is 13.6. The first kappa shape index (κ1) is 34.0. The summed E-state index contributed by atoms with van der Waals surface area (Å²) in [6, 6.07) is 13.4. The Morgan fingerprint density at radius 1 is 0.933 bits per heavy atom. The molecule has 0 fully saturated rings. The Morgan fingerprint density at radius 3 is 2.16 bits per heavy atom. The van der Waals surface area contributed by atoms with Gasteiger partial charge >= 0.3 is 0 Å². The molecule has 0 amide bonds. The molecular formula is C31H38F2N4O6SSi. The van der Waals surface area contributed by atoms with Gasteiger partial charge in [-0.1, -0.05) is 43.9 Å². The maximum atomic E-state index is 14.7. The Balaban J connectivity index is 2.00. The molecule has 0 aliphatic rings. The number of hydrogen-bond donors (Lipinski definition) is 1. The van der Waals surface area contributed by atoms with Crippen LogP contribution in [0.15, 0.2) is 54.6 Å². The highest BCUT2D eigenvalue weighted by Crippen LogP contribution is 2.42. The third-order valence-electron chi connectivity index (χ3n) is 7.56. The molecule has 0 aliphatic carbocycles. The van der Waals surface area contributed by atoms with Crippen molar-refractivity contribution in [2.75, 3.05) is 21.3 Å². The summed E-state index contributed by atoms with van der Waals surface area (Å²) in [6.07, 6.45) is -1.65. The second-order valence-corrected chi connectivity index (χ2v) is 19.9. The lowest BCUT2D eigenvalue weighted by Gasteiger charge is -2.28. The van der Waals surface area contributed by atoms with E-state index in [1.165, 1.54) is 28.3 Å². The van der Waals surface area contributed by atoms with Crippen molar-refractivity contribution in [2.45, 2.75) is 55.6 Å². The molecule has 0 spiro atoms. The minimum atomic E-state index is -4.34. The van der Waals surface area contributed by atoms with Crippen molar-refractivity contribution in [2.24, 2.45) is 0 Å². The summed E-state index contributed by atoms with van der Waals surface area (Å²) >= 11 is 0. The number of nitrogens with zero attached hydrogens (tertiary/aromatic N) is 4. The van der Waals surface area contributed by atoms with Crippen LogP contribution in [0.5, 0.6) is 17.4 Å². The van der Waals surface area contributed by atoms with Crippen LogP contribution < -0.4 is 14.2 Å². The van der Waals surface area contributed by atoms with E-state index in [1.807, 2.05) is 0 Å². The maximum absolute atomic E-state index is 14.7. The van der Waals surface area contributed by atoms with Crippen LogP contribution in [0.2, 0.25) is 25.7 Å². The predicted octanol–water partition coefficient (Wildman–Crippen LogP) is 5.94. The van der Waals surface area contributed by atoms with Gasteiger partial charge in [-0.15, -0.1) is 10.2 Å². The van der Waals surface area contributed by atoms with Crippen LogP contribution in [0.4, 0.5) is 8.78 Å². The van der Waals surface area contributed by atoms with Gasteiger partial charge in [-0.2, -0.15) is 0 Å². The van der Waals surface area contributed by atoms with E-state index in [0.29, 0.717) is 40.9 Å². The lowest BCUT2D eigenvalue weighted by molar-refractivity contribution is 0.170. The molecule has 0 radical (unpaired) electrons. The largest absolute Gasteiger partial charge is 0.494 e. The number of para-hydroxylation sites is 1. The first-order valence-electron chi connectivity index (χ1n) is 14.3. The number of benzene rings is 2. The number of aliphatic hydroxyl groups excluding tert-OH is 1. The van der Waals surface area contributed by atoms with Crippen molar-refractivity contribution >= 4 is 17.9 Å². The summed E-state index contributed by atoms with van der Waals surface area (Å²) in [6.45, 7) is 7.65. The van der Waals surface area contributed by atoms with Gasteiger partial charge in [0.1, 0.15) is 39.8 Å². The maximum Gasteiger partial charge on any atom is 0.213 e. The zero-order valence-corrected chi connectivity index (χ0v) is 28.1. The lowest BCUT2D eigenvalue weighted by atomic mass is 10.1. The molecule has 0 saturated heterocycles. The van der Waals surface area contributed by atoms with Gasteiger partial charge in [0.2, 0.25) is 5.88 Å². The van der Waals surface area contributed by atoms with Crippen molar-refractivity contribution in [1.29, 1.82) is 0 Å². The van der Waals surface area contributed by atoms with Gasteiger partial charge in [0.15, 0.2) is 21.5 Å². The normalized spacial score (nSPS) is 14.1. The number of hydrogen-bond acceptors (Lipinski definition) is 9. The van der Waals surface area contributed by atoms with Crippen LogP contribution in [0.25, 0.3) is 17.2 Å². The summed E-state index contributed by atoms with van der Waals surface area (Å²) in [5.41, 5.74) is 0.350. The van der Waals surface area contributed by atoms with E-state index in [9.17, 15) is 22.3 Å². The van der Waals surface area contributed by atoms with Gasteiger partial charge in [-0.25, -0.2) is 22.2 Å². The first-order valence-corrected chi connectivity index (χ1v) is 19.6. The number of ether oxygens (including phenoxy) is 3. The van der Waals surface area contributed by atoms with Gasteiger partial charge in [0, 0.05) is 25.8 Å². The minimum absolute atomic E-state index is 0.0364. The quantitative estimate of drug-likeness (QED) is 0.174. The lowest BCUT2D eigenvalue weighted by Crippen LogP contribution is -2.33. The van der Waals surface area contributed by atoms with Crippen LogP contribution in [0.3, 0.4) is 0 Å². The molecule has 2 aromatic heterocycles. The summed E-state index contributed by atoms with van der Waals surface area (Å²) in [5.74, 6) is -0.658. The van der Waals surface area contributed by atoms with Crippen LogP contribution in [-0.4, -0.2) is 67.9 Å². The number of methoxy groups -OCH3 is 3. The fourth-order valence-electron chi connectivity index (χ4n) is 5.03. The van der Waals surface area contributed by atoms with E-state index in [1.54, 1.807) is 41.0 Å². The van der Waals surface area contributed by atoms with Crippen molar-refractivity contribution in [1.82, 2.24) is 19.7 Å². The second-order valence-electron chi connectivity index (χ2n) is 11.8. The Kier molecular flexibility index (Phi) is 10.3. The summed E-state index contributed by atoms with van der Waals surface area (Å²) in [4.78, 5) is 4.52. The van der Waals surface area contributed by atoms with Crippen LogP contribution in [0.1, 0.15) is 36.1 Å². The molecule has 0 saturated carbocycles. The first-order chi connectivity index (χ1) is 21.2. The fourth-order valence-corrected chi connectivity index (χ4v) is 8.31. The number of rotatable bonds is 13. The summed E-state index contributed by atoms with van der Waals surface area (Å²) < 4.78 is 75.7. The number of aliphatic hydroxyl groups is 1. The SMILES string of the molecule is COc1cccc(-c2nnc(C(CC[Si](C)(C)C)S(=O)(=O)[C@@H](C)[C@H](O)c3ccc(F)cc3F)n2-c2c(OC)cccc2OC)n1. The molecular weight excluding hydrogens is 623 g/mol. The Morgan fingerprint density at radius 2 is 1.58 bits per heavy atom. The minimum Gasteiger partial charge on any atom is -0.494 e. The van der Waals surface area contributed by atoms with Crippen molar-refractivity contribution in [3.05, 3.63) is 77.6 Å². The standard InChI is InChI=1S/C31H38F2N4O6SSi/c1-19(29(38)21-15-14-20(32)18-22(21)33)44(39,40)26(16-17-45(5,6)7)31-36-35-30(23-10-8-13-27(34-23)43-4)37(31)28-24(41-2)11-9-12-25(28)42-3/h8-15,18-19,26,29,38H,16-17H2,1-7H3/t19-,26?,29-/m0/s1. The van der Waals surface area contributed by atoms with Gasteiger partial charge in [-0.05, 0) is 37.6 Å². The monoisotopic (exact) mass is 660 g/mol. The Bertz CT molecular complexity index is 1740. The summed E-state index contributed by atoms with van der Waals surface area (Å²) in [5, 5.41) is 17.2. The zero-order valence-electron chi connectivity index (χ0n) is 26.3. The molecule has 242 valence electrons. The van der Waals surface area contributed by atoms with Crippen LogP contribution in [0, 0.1) is 11.6 Å². The van der Waals surface area contributed by atoms with Crippen LogP contribution >= 0.6 is 0 Å². The molecule has 2 aromatic carbocycles. The Labute approximate surface area is 263 Å². The molecule has 0 aliphatic heterocycles. The van der Waals surface area contributed by atoms with Crippen molar-refractivity contribution in [3.8, 4) is 34.6 Å². The van der Waals surface area contributed by atoms with E-state index in [-0.39, 0.29) is 23.6 Å². The smallest absolute Gasteiger partial charge is 0.213 e. The number of halogens is 2. The third kappa shape index (κ3) is 7.18. The number of pyridine rings is 1. The average molecular weight is 661 g/mol. The highest BCUT2D eigenvalue weighted by atomic mass is 32.2. The topological polar surface area (TPSA) is 126 Å². The number of sulfone groups is 1. The van der Waals surface area contributed by atoms with Gasteiger partial charge in [0.05, 0.1) is 32.7 Å². The average Bonchev–Trinajstić information content (AvgIpc) is 3.43. The highest BCUT2D eigenvalue weighted by molar-refractivity contribution is 7.92. The molecule has 45 heavy (non-hydrogen) atoms. The summed E-state index contributed by atoms with van der Waals surface area (Å²) in [7, 11) is -1.76. The van der Waals surface area contributed by atoms with Crippen molar-refractivity contribution < 1.29 is 36.5 Å². The molecule has 10 nitrogen and oxygen atoms in total. The molecule has 2 heterocycles. The van der Waals surface area contributed by atoms with Gasteiger partial charge in [-0.3, -0.25) is 4.57 Å². The van der Waals surface area contributed by atoms with E-state index >= 15 is 0 Å². The molecule has 1 unspecified atom stereocenters. The Hall–Kier alpha value is -3.88. The van der Waals surface area contributed by atoms with Gasteiger partial charge in [0.25, 0.3) is 0 Å². The predicted molar refractivity (Wildman–Crippen MR) is 169 cm³/mol. The molecule has 1 N–H and O–H groups in total. The van der Waals surface area contributed by atoms with E-state index < -0.39 is 46.1 Å².